The van der Waals surface area contributed by atoms with Crippen molar-refractivity contribution in [1.29, 1.82) is 0 Å². The van der Waals surface area contributed by atoms with Crippen LogP contribution >= 0.6 is 7.82 Å². The molecule has 10 heteroatoms. The normalized spacial score (nSPS) is 14.7. The van der Waals surface area contributed by atoms with Crippen molar-refractivity contribution in [1.82, 2.24) is 0 Å². The van der Waals surface area contributed by atoms with Gasteiger partial charge in [0.05, 0.1) is 34.2 Å². The summed E-state index contributed by atoms with van der Waals surface area (Å²) in [5.74, 6) is -1.01. The number of allylic oxidation sites excluding steroid dienone is 13. The van der Waals surface area contributed by atoms with Gasteiger partial charge in [0.1, 0.15) is 19.8 Å². The molecule has 296 valence electrons. The molecule has 0 spiro atoms. The maximum absolute atomic E-state index is 12.6. The largest absolute Gasteiger partial charge is 0.756 e. The van der Waals surface area contributed by atoms with Crippen molar-refractivity contribution in [3.63, 3.8) is 0 Å². The zero-order chi connectivity index (χ0) is 38.6. The lowest BCUT2D eigenvalue weighted by molar-refractivity contribution is -0.870. The van der Waals surface area contributed by atoms with Crippen molar-refractivity contribution < 1.29 is 42.1 Å². The lowest BCUT2D eigenvalue weighted by atomic mass is 10.1. The van der Waals surface area contributed by atoms with Crippen LogP contribution in [0.15, 0.2) is 85.1 Å². The standard InChI is InChI=1S/C42H70NO8P/c1-6-8-10-12-14-16-18-20-21-23-25-27-29-31-33-35-42(45)51-40(39-50-52(46,47)49-37-36-43(3,4)5)38-48-41(44)34-32-30-28-26-24-22-19-17-15-13-11-9-7-2/h8,10-11,13-14,16-17,19-21,25,27,31,33,40H,6-7,9,12,15,18,22-24,26,28-30,32,34-39H2,1-5H3/b10-8-,13-11-,16-14-,19-17-,21-20-,27-25-,33-31-. The Bertz CT molecular complexity index is 1160. The third-order valence-corrected chi connectivity index (χ3v) is 8.38. The predicted octanol–water partition coefficient (Wildman–Crippen LogP) is 9.82. The molecule has 9 nitrogen and oxygen atoms in total. The quantitative estimate of drug-likeness (QED) is 0.0215. The fourth-order valence-corrected chi connectivity index (χ4v) is 5.14. The summed E-state index contributed by atoms with van der Waals surface area (Å²) >= 11 is 0. The molecule has 0 saturated heterocycles. The Morgan fingerprint density at radius 2 is 1.15 bits per heavy atom. The molecule has 0 N–H and O–H groups in total. The van der Waals surface area contributed by atoms with Crippen LogP contribution in [0.4, 0.5) is 0 Å². The lowest BCUT2D eigenvalue weighted by Crippen LogP contribution is -2.37. The topological polar surface area (TPSA) is 111 Å². The molecule has 0 saturated carbocycles. The van der Waals surface area contributed by atoms with Crippen LogP contribution < -0.4 is 4.89 Å². The average molecular weight is 748 g/mol. The Balaban J connectivity index is 4.63. The zero-order valence-corrected chi connectivity index (χ0v) is 33.9. The van der Waals surface area contributed by atoms with E-state index in [-0.39, 0.29) is 26.1 Å². The third-order valence-electron chi connectivity index (χ3n) is 7.41. The molecular weight excluding hydrogens is 677 g/mol. The summed E-state index contributed by atoms with van der Waals surface area (Å²) in [5.41, 5.74) is 0. The summed E-state index contributed by atoms with van der Waals surface area (Å²) in [5, 5.41) is 0. The van der Waals surface area contributed by atoms with Gasteiger partial charge >= 0.3 is 11.9 Å². The molecule has 2 atom stereocenters. The molecule has 0 radical (unpaired) electrons. The lowest BCUT2D eigenvalue weighted by Gasteiger charge is -2.28. The number of phosphoric acid groups is 1. The molecule has 0 aliphatic heterocycles. The first-order valence-corrected chi connectivity index (χ1v) is 20.8. The minimum atomic E-state index is -4.65. The molecule has 0 amide bonds. The van der Waals surface area contributed by atoms with Crippen LogP contribution in [0, 0.1) is 0 Å². The summed E-state index contributed by atoms with van der Waals surface area (Å²) in [6.45, 7) is 3.87. The van der Waals surface area contributed by atoms with E-state index in [2.05, 4.69) is 80.7 Å². The number of esters is 2. The molecule has 0 heterocycles. The van der Waals surface area contributed by atoms with E-state index in [0.717, 1.165) is 70.6 Å². The minimum absolute atomic E-state index is 0.0151. The highest BCUT2D eigenvalue weighted by Crippen LogP contribution is 2.38. The monoisotopic (exact) mass is 747 g/mol. The molecule has 0 fully saturated rings. The molecule has 52 heavy (non-hydrogen) atoms. The SMILES string of the molecule is CC/C=C\C/C=C\C/C=C\C/C=C\C/C=C\CC(=O)OC(COC(=O)CCCCCCC/C=C\C/C=C\CCC)COP(=O)([O-])OCC[N+](C)(C)C. The van der Waals surface area contributed by atoms with Gasteiger partial charge in [0, 0.05) is 6.42 Å². The first-order valence-electron chi connectivity index (χ1n) is 19.3. The van der Waals surface area contributed by atoms with Crippen LogP contribution in [-0.2, 0) is 32.7 Å². The summed E-state index contributed by atoms with van der Waals surface area (Å²) in [7, 11) is 1.08. The van der Waals surface area contributed by atoms with Gasteiger partial charge < -0.3 is 27.9 Å². The van der Waals surface area contributed by atoms with Gasteiger partial charge in [0.15, 0.2) is 6.10 Å². The number of hydrogen-bond acceptors (Lipinski definition) is 8. The molecule has 0 aromatic heterocycles. The Morgan fingerprint density at radius 1 is 0.635 bits per heavy atom. The van der Waals surface area contributed by atoms with Gasteiger partial charge in [-0.3, -0.25) is 14.2 Å². The van der Waals surface area contributed by atoms with Crippen molar-refractivity contribution in [3.8, 4) is 0 Å². The number of carbonyl (C=O) groups excluding carboxylic acids is 2. The molecule has 0 aromatic rings. The first-order chi connectivity index (χ1) is 25.0. The van der Waals surface area contributed by atoms with E-state index >= 15 is 0 Å². The van der Waals surface area contributed by atoms with Crippen molar-refractivity contribution in [3.05, 3.63) is 85.1 Å². The Kier molecular flexibility index (Phi) is 32.2. The van der Waals surface area contributed by atoms with E-state index in [1.807, 2.05) is 33.3 Å². The molecule has 0 rings (SSSR count). The number of phosphoric ester groups is 1. The van der Waals surface area contributed by atoms with Crippen molar-refractivity contribution in [2.45, 2.75) is 123 Å². The van der Waals surface area contributed by atoms with Gasteiger partial charge in [-0.1, -0.05) is 125 Å². The summed E-state index contributed by atoms with van der Waals surface area (Å²) < 4.78 is 33.6. The van der Waals surface area contributed by atoms with E-state index in [0.29, 0.717) is 23.9 Å². The number of unbranched alkanes of at least 4 members (excludes halogenated alkanes) is 6. The highest BCUT2D eigenvalue weighted by molar-refractivity contribution is 7.45. The Morgan fingerprint density at radius 3 is 1.73 bits per heavy atom. The number of quaternary nitrogens is 1. The number of likely N-dealkylation sites (N-methyl/N-ethyl adjacent to an activating group) is 1. The predicted molar refractivity (Wildman–Crippen MR) is 212 cm³/mol. The highest BCUT2D eigenvalue weighted by atomic mass is 31.2. The summed E-state index contributed by atoms with van der Waals surface area (Å²) in [6.07, 6.45) is 42.2. The first kappa shape index (κ1) is 49.2. The molecule has 0 aliphatic rings. The van der Waals surface area contributed by atoms with Crippen LogP contribution in [0.3, 0.4) is 0 Å². The van der Waals surface area contributed by atoms with Gasteiger partial charge in [-0.05, 0) is 64.2 Å². The van der Waals surface area contributed by atoms with Crippen LogP contribution in [0.2, 0.25) is 0 Å². The molecule has 2 unspecified atom stereocenters. The Labute approximate surface area is 316 Å². The summed E-state index contributed by atoms with van der Waals surface area (Å²) in [6, 6.07) is 0. The second-order valence-corrected chi connectivity index (χ2v) is 15.0. The van der Waals surface area contributed by atoms with E-state index in [1.54, 1.807) is 6.08 Å². The van der Waals surface area contributed by atoms with Crippen molar-refractivity contribution >= 4 is 19.8 Å². The summed E-state index contributed by atoms with van der Waals surface area (Å²) in [4.78, 5) is 37.3. The zero-order valence-electron chi connectivity index (χ0n) is 33.0. The Hall–Kier alpha value is -2.81. The van der Waals surface area contributed by atoms with E-state index < -0.39 is 32.5 Å². The maximum atomic E-state index is 12.6. The van der Waals surface area contributed by atoms with E-state index in [1.165, 1.54) is 6.42 Å². The molecule has 0 aliphatic carbocycles. The smallest absolute Gasteiger partial charge is 0.310 e. The number of ether oxygens (including phenoxy) is 2. The minimum Gasteiger partial charge on any atom is -0.756 e. The number of carbonyl (C=O) groups is 2. The van der Waals surface area contributed by atoms with Crippen LogP contribution in [-0.4, -0.2) is 70.0 Å². The maximum Gasteiger partial charge on any atom is 0.310 e. The fourth-order valence-electron chi connectivity index (χ4n) is 4.41. The molecular formula is C42H70NO8P. The van der Waals surface area contributed by atoms with Crippen molar-refractivity contribution in [2.75, 3.05) is 47.5 Å². The van der Waals surface area contributed by atoms with Gasteiger partial charge in [0.2, 0.25) is 0 Å². The highest BCUT2D eigenvalue weighted by Gasteiger charge is 2.21. The molecule has 0 bridgehead atoms. The van der Waals surface area contributed by atoms with Gasteiger partial charge in [-0.2, -0.15) is 0 Å². The number of nitrogens with zero attached hydrogens (tertiary/aromatic N) is 1. The fraction of sp³-hybridized carbons (Fsp3) is 0.619. The van der Waals surface area contributed by atoms with Gasteiger partial charge in [0.25, 0.3) is 7.82 Å². The second-order valence-electron chi connectivity index (χ2n) is 13.6. The average Bonchev–Trinajstić information content (AvgIpc) is 3.09. The molecule has 0 aromatic carbocycles. The number of hydrogen-bond donors (Lipinski definition) is 0. The van der Waals surface area contributed by atoms with Gasteiger partial charge in [-0.15, -0.1) is 0 Å². The van der Waals surface area contributed by atoms with Crippen molar-refractivity contribution in [2.24, 2.45) is 0 Å². The second kappa shape index (κ2) is 34.0. The number of rotatable bonds is 33. The van der Waals surface area contributed by atoms with Crippen LogP contribution in [0.25, 0.3) is 0 Å². The van der Waals surface area contributed by atoms with Crippen LogP contribution in [0.1, 0.15) is 117 Å². The van der Waals surface area contributed by atoms with Gasteiger partial charge in [-0.25, -0.2) is 0 Å². The van der Waals surface area contributed by atoms with E-state index in [9.17, 15) is 19.0 Å². The van der Waals surface area contributed by atoms with E-state index in [4.69, 9.17) is 18.5 Å². The van der Waals surface area contributed by atoms with Crippen LogP contribution in [0.5, 0.6) is 0 Å². The third kappa shape index (κ3) is 37.0.